The van der Waals surface area contributed by atoms with Crippen LogP contribution in [0.5, 0.6) is 5.75 Å². The zero-order valence-corrected chi connectivity index (χ0v) is 19.0. The van der Waals surface area contributed by atoms with Crippen molar-refractivity contribution in [2.24, 2.45) is 0 Å². The summed E-state index contributed by atoms with van der Waals surface area (Å²) >= 11 is 0. The van der Waals surface area contributed by atoms with Crippen molar-refractivity contribution in [3.63, 3.8) is 0 Å². The molecule has 0 spiro atoms. The van der Waals surface area contributed by atoms with Crippen LogP contribution < -0.4 is 4.74 Å². The van der Waals surface area contributed by atoms with E-state index in [2.05, 4.69) is 30.2 Å². The van der Waals surface area contributed by atoms with Crippen LogP contribution in [0.1, 0.15) is 49.2 Å². The number of ether oxygens (including phenoxy) is 2. The molecule has 5 heteroatoms. The van der Waals surface area contributed by atoms with E-state index in [1.165, 1.54) is 5.56 Å². The van der Waals surface area contributed by atoms with Crippen molar-refractivity contribution in [3.8, 4) is 5.75 Å². The highest BCUT2D eigenvalue weighted by atomic mass is 16.5. The number of nitrogens with zero attached hydrogens (tertiary/aromatic N) is 1. The molecule has 0 fully saturated rings. The topological polar surface area (TPSA) is 55.1 Å². The molecule has 2 rings (SSSR count). The summed E-state index contributed by atoms with van der Waals surface area (Å²) in [5.41, 5.74) is 0.204. The van der Waals surface area contributed by atoms with E-state index in [1.54, 1.807) is 14.2 Å². The number of methoxy groups -OCH3 is 2. The Labute approximate surface area is 187 Å². The van der Waals surface area contributed by atoms with Crippen molar-refractivity contribution in [1.29, 1.82) is 0 Å². The van der Waals surface area contributed by atoms with Gasteiger partial charge in [0.2, 0.25) is 0 Å². The van der Waals surface area contributed by atoms with Crippen LogP contribution >= 0.6 is 0 Å². The Morgan fingerprint density at radius 2 is 1.68 bits per heavy atom. The second kappa shape index (κ2) is 13.2. The molecular weight excluding hydrogens is 390 g/mol. The third kappa shape index (κ3) is 8.02. The van der Waals surface area contributed by atoms with Crippen LogP contribution in [0, 0.1) is 0 Å². The molecular formula is C26H37NO4. The summed E-state index contributed by atoms with van der Waals surface area (Å²) in [6.07, 6.45) is 7.21. The predicted octanol–water partition coefficient (Wildman–Crippen LogP) is 5.45. The van der Waals surface area contributed by atoms with Crippen LogP contribution in [0.25, 0.3) is 0 Å². The van der Waals surface area contributed by atoms with Gasteiger partial charge in [-0.1, -0.05) is 24.3 Å². The fourth-order valence-electron chi connectivity index (χ4n) is 3.62. The van der Waals surface area contributed by atoms with Crippen molar-refractivity contribution in [2.45, 2.75) is 50.8 Å². The minimum atomic E-state index is -1.00. The number of benzene rings is 1. The molecule has 0 atom stereocenters. The summed E-state index contributed by atoms with van der Waals surface area (Å²) in [4.78, 5) is 2.33. The molecule has 0 aliphatic heterocycles. The summed E-state index contributed by atoms with van der Waals surface area (Å²) < 4.78 is 16.6. The molecule has 0 aliphatic carbocycles. The van der Waals surface area contributed by atoms with Crippen LogP contribution in [0.15, 0.2) is 66.1 Å². The van der Waals surface area contributed by atoms with E-state index >= 15 is 0 Å². The van der Waals surface area contributed by atoms with Gasteiger partial charge in [-0.2, -0.15) is 0 Å². The summed E-state index contributed by atoms with van der Waals surface area (Å²) in [5.74, 6) is 2.31. The van der Waals surface area contributed by atoms with Gasteiger partial charge in [-0.25, -0.2) is 0 Å². The first-order chi connectivity index (χ1) is 15.0. The first-order valence-electron chi connectivity index (χ1n) is 10.9. The van der Waals surface area contributed by atoms with E-state index in [0.717, 1.165) is 43.9 Å². The third-order valence-electron chi connectivity index (χ3n) is 5.41. The summed E-state index contributed by atoms with van der Waals surface area (Å²) in [7, 11) is 3.39. The van der Waals surface area contributed by atoms with Gasteiger partial charge in [-0.15, -0.1) is 13.2 Å². The molecule has 1 aromatic carbocycles. The lowest BCUT2D eigenvalue weighted by molar-refractivity contribution is -0.00217. The van der Waals surface area contributed by atoms with E-state index in [0.29, 0.717) is 31.8 Å². The molecule has 0 saturated carbocycles. The van der Waals surface area contributed by atoms with E-state index in [1.807, 2.05) is 36.4 Å². The molecule has 0 radical (unpaired) electrons. The Hall–Kier alpha value is -2.34. The number of furan rings is 1. The van der Waals surface area contributed by atoms with E-state index in [-0.39, 0.29) is 0 Å². The Morgan fingerprint density at radius 3 is 2.26 bits per heavy atom. The average Bonchev–Trinajstić information content (AvgIpc) is 3.26. The Kier molecular flexibility index (Phi) is 10.6. The van der Waals surface area contributed by atoms with Crippen LogP contribution in [0.4, 0.5) is 0 Å². The number of hydrogen-bond donors (Lipinski definition) is 1. The van der Waals surface area contributed by atoms with Crippen LogP contribution in [-0.4, -0.2) is 37.4 Å². The fraction of sp³-hybridized carbons (Fsp3) is 0.462. The van der Waals surface area contributed by atoms with Gasteiger partial charge in [0.1, 0.15) is 22.9 Å². The molecule has 0 saturated heterocycles. The molecule has 0 aliphatic rings. The summed E-state index contributed by atoms with van der Waals surface area (Å²) in [5, 5.41) is 11.2. The minimum absolute atomic E-state index is 0.584. The second-order valence-corrected chi connectivity index (χ2v) is 7.86. The Balaban J connectivity index is 2.12. The number of rotatable bonds is 16. The first kappa shape index (κ1) is 24.9. The molecule has 5 nitrogen and oxygen atoms in total. The molecule has 170 valence electrons. The number of hydrogen-bond acceptors (Lipinski definition) is 5. The Bertz CT molecular complexity index is 769. The number of aliphatic hydroxyl groups is 1. The highest BCUT2D eigenvalue weighted by Gasteiger charge is 2.31. The highest BCUT2D eigenvalue weighted by Crippen LogP contribution is 2.33. The van der Waals surface area contributed by atoms with Gasteiger partial charge in [0.05, 0.1) is 13.7 Å². The van der Waals surface area contributed by atoms with Crippen LogP contribution in [-0.2, 0) is 23.4 Å². The zero-order valence-electron chi connectivity index (χ0n) is 19.0. The summed E-state index contributed by atoms with van der Waals surface area (Å²) in [6, 6.07) is 12.0. The lowest BCUT2D eigenvalue weighted by atomic mass is 9.89. The van der Waals surface area contributed by atoms with Gasteiger partial charge < -0.3 is 19.0 Å². The molecule has 0 bridgehead atoms. The smallest absolute Gasteiger partial charge is 0.135 e. The average molecular weight is 428 g/mol. The highest BCUT2D eigenvalue weighted by molar-refractivity contribution is 5.27. The van der Waals surface area contributed by atoms with Crippen molar-refractivity contribution in [1.82, 2.24) is 4.90 Å². The van der Waals surface area contributed by atoms with Gasteiger partial charge in [-0.3, -0.25) is 4.90 Å². The fourth-order valence-corrected chi connectivity index (χ4v) is 3.62. The largest absolute Gasteiger partial charge is 0.497 e. The molecule has 0 amide bonds. The van der Waals surface area contributed by atoms with E-state index < -0.39 is 5.60 Å². The van der Waals surface area contributed by atoms with Gasteiger partial charge in [0.25, 0.3) is 0 Å². The summed E-state index contributed by atoms with van der Waals surface area (Å²) in [6.45, 7) is 10.6. The van der Waals surface area contributed by atoms with E-state index in [9.17, 15) is 5.11 Å². The van der Waals surface area contributed by atoms with Crippen molar-refractivity contribution >= 4 is 0 Å². The van der Waals surface area contributed by atoms with Crippen LogP contribution in [0.2, 0.25) is 0 Å². The number of allylic oxidation sites excluding steroid dienone is 2. The molecule has 0 unspecified atom stereocenters. The molecule has 1 aromatic heterocycles. The normalized spacial score (nSPS) is 11.6. The maximum Gasteiger partial charge on any atom is 0.135 e. The van der Waals surface area contributed by atoms with Gasteiger partial charge in [0.15, 0.2) is 0 Å². The second-order valence-electron chi connectivity index (χ2n) is 7.86. The predicted molar refractivity (Wildman–Crippen MR) is 125 cm³/mol. The first-order valence-corrected chi connectivity index (χ1v) is 10.9. The zero-order chi connectivity index (χ0) is 22.5. The quantitative estimate of drug-likeness (QED) is 0.285. The maximum absolute atomic E-state index is 11.2. The standard InChI is InChI=1S/C26H37NO4/c1-5-7-16-26(28,17-8-6-2)25-15-14-24(31-25)21-27(18-9-19-29-3)20-22-10-12-23(30-4)13-11-22/h5-6,10-15,28H,1-2,7-9,16-21H2,3-4H3. The molecule has 2 aromatic rings. The SMILES string of the molecule is C=CCCC(O)(CCC=C)c1ccc(CN(CCCOC)Cc2ccc(OC)cc2)o1. The van der Waals surface area contributed by atoms with Gasteiger partial charge >= 0.3 is 0 Å². The van der Waals surface area contributed by atoms with Gasteiger partial charge in [-0.05, 0) is 61.9 Å². The Morgan fingerprint density at radius 1 is 1.00 bits per heavy atom. The lowest BCUT2D eigenvalue weighted by Crippen LogP contribution is -2.25. The lowest BCUT2D eigenvalue weighted by Gasteiger charge is -2.25. The van der Waals surface area contributed by atoms with E-state index in [4.69, 9.17) is 13.9 Å². The van der Waals surface area contributed by atoms with Gasteiger partial charge in [0, 0.05) is 26.8 Å². The van der Waals surface area contributed by atoms with Crippen molar-refractivity contribution in [2.75, 3.05) is 27.4 Å². The van der Waals surface area contributed by atoms with Crippen LogP contribution in [0.3, 0.4) is 0 Å². The molecule has 31 heavy (non-hydrogen) atoms. The molecule has 1 N–H and O–H groups in total. The minimum Gasteiger partial charge on any atom is -0.497 e. The molecule has 1 heterocycles. The maximum atomic E-state index is 11.2. The third-order valence-corrected chi connectivity index (χ3v) is 5.41. The van der Waals surface area contributed by atoms with Crippen molar-refractivity contribution < 1.29 is 19.0 Å². The van der Waals surface area contributed by atoms with Crippen molar-refractivity contribution in [3.05, 3.63) is 78.8 Å². The monoisotopic (exact) mass is 427 g/mol.